The highest BCUT2D eigenvalue weighted by Crippen LogP contribution is 2.27. The van der Waals surface area contributed by atoms with Gasteiger partial charge in [0.2, 0.25) is 5.91 Å². The first kappa shape index (κ1) is 22.4. The molecule has 1 aromatic heterocycles. The van der Waals surface area contributed by atoms with Crippen LogP contribution in [0.25, 0.3) is 0 Å². The Bertz CT molecular complexity index is 1100. The molecular formula is C24H25ClN4O2S. The van der Waals surface area contributed by atoms with Gasteiger partial charge in [0, 0.05) is 24.7 Å². The van der Waals surface area contributed by atoms with E-state index in [9.17, 15) is 4.79 Å². The molecule has 6 nitrogen and oxygen atoms in total. The largest absolute Gasteiger partial charge is 0.486 e. The summed E-state index contributed by atoms with van der Waals surface area (Å²) in [5.74, 6) is 1.48. The van der Waals surface area contributed by atoms with E-state index in [2.05, 4.69) is 35.0 Å². The van der Waals surface area contributed by atoms with Crippen molar-refractivity contribution in [2.45, 2.75) is 43.4 Å². The number of aromatic nitrogens is 3. The molecule has 2 aromatic carbocycles. The summed E-state index contributed by atoms with van der Waals surface area (Å²) in [4.78, 5) is 15.0. The Balaban J connectivity index is 1.42. The van der Waals surface area contributed by atoms with Crippen LogP contribution in [0.5, 0.6) is 5.75 Å². The van der Waals surface area contributed by atoms with Gasteiger partial charge in [-0.3, -0.25) is 9.36 Å². The number of halogens is 1. The molecular weight excluding hydrogens is 444 g/mol. The quantitative estimate of drug-likeness (QED) is 0.352. The first-order valence-corrected chi connectivity index (χ1v) is 11.7. The second-order valence-corrected chi connectivity index (χ2v) is 9.32. The predicted molar refractivity (Wildman–Crippen MR) is 127 cm³/mol. The average molecular weight is 469 g/mol. The fourth-order valence-electron chi connectivity index (χ4n) is 3.65. The molecule has 0 saturated carbocycles. The number of allylic oxidation sites excluding steroid dienone is 1. The normalized spacial score (nSPS) is 14.0. The first-order valence-electron chi connectivity index (χ1n) is 10.5. The summed E-state index contributed by atoms with van der Waals surface area (Å²) in [5, 5.41) is 9.66. The van der Waals surface area contributed by atoms with Gasteiger partial charge >= 0.3 is 0 Å². The van der Waals surface area contributed by atoms with Crippen molar-refractivity contribution in [2.75, 3.05) is 6.54 Å². The molecule has 1 aliphatic rings. The number of benzene rings is 2. The van der Waals surface area contributed by atoms with Gasteiger partial charge in [-0.1, -0.05) is 53.7 Å². The van der Waals surface area contributed by atoms with Crippen molar-refractivity contribution in [3.8, 4) is 5.75 Å². The molecule has 0 saturated heterocycles. The summed E-state index contributed by atoms with van der Waals surface area (Å²) < 4.78 is 7.76. The molecule has 0 bridgehead atoms. The van der Waals surface area contributed by atoms with Crippen LogP contribution in [0.3, 0.4) is 0 Å². The highest BCUT2D eigenvalue weighted by molar-refractivity contribution is 8.00. The zero-order valence-electron chi connectivity index (χ0n) is 17.9. The van der Waals surface area contributed by atoms with E-state index < -0.39 is 0 Å². The smallest absolute Gasteiger partial charge is 0.236 e. The maximum atomic E-state index is 13.1. The average Bonchev–Trinajstić information content (AvgIpc) is 3.19. The van der Waals surface area contributed by atoms with E-state index in [0.29, 0.717) is 34.8 Å². The Morgan fingerprint density at radius 2 is 1.97 bits per heavy atom. The van der Waals surface area contributed by atoms with Crippen LogP contribution in [-0.2, 0) is 30.9 Å². The van der Waals surface area contributed by atoms with E-state index in [-0.39, 0.29) is 17.8 Å². The number of thioether (sulfide) groups is 1. The van der Waals surface area contributed by atoms with Crippen LogP contribution in [0.2, 0.25) is 5.02 Å². The van der Waals surface area contributed by atoms with Crippen LogP contribution in [0.15, 0.2) is 66.3 Å². The second kappa shape index (κ2) is 10.2. The van der Waals surface area contributed by atoms with Gasteiger partial charge in [0.05, 0.1) is 5.25 Å². The van der Waals surface area contributed by atoms with Gasteiger partial charge < -0.3 is 9.64 Å². The third-order valence-electron chi connectivity index (χ3n) is 5.36. The van der Waals surface area contributed by atoms with E-state index in [1.54, 1.807) is 18.2 Å². The molecule has 0 aliphatic carbocycles. The van der Waals surface area contributed by atoms with Crippen LogP contribution in [0, 0.1) is 0 Å². The lowest BCUT2D eigenvalue weighted by Gasteiger charge is -2.30. The molecule has 0 spiro atoms. The first-order chi connectivity index (χ1) is 15.5. The molecule has 32 heavy (non-hydrogen) atoms. The van der Waals surface area contributed by atoms with Gasteiger partial charge in [0.15, 0.2) is 11.0 Å². The highest BCUT2D eigenvalue weighted by Gasteiger charge is 2.27. The van der Waals surface area contributed by atoms with Crippen molar-refractivity contribution >= 4 is 29.3 Å². The molecule has 4 rings (SSSR count). The lowest BCUT2D eigenvalue weighted by atomic mass is 10.00. The Kier molecular flexibility index (Phi) is 7.17. The summed E-state index contributed by atoms with van der Waals surface area (Å²) in [6, 6.07) is 15.5. The van der Waals surface area contributed by atoms with Crippen molar-refractivity contribution in [3.05, 3.63) is 83.2 Å². The SMILES string of the molecule is C=CCn1c(COc2ccc(Cl)cc2)nnc1SC(C)C(=O)N1CCc2ccccc2C1. The van der Waals surface area contributed by atoms with Crippen molar-refractivity contribution in [1.29, 1.82) is 0 Å². The van der Waals surface area contributed by atoms with Crippen molar-refractivity contribution < 1.29 is 9.53 Å². The molecule has 1 unspecified atom stereocenters. The summed E-state index contributed by atoms with van der Waals surface area (Å²) in [6.45, 7) is 7.94. The summed E-state index contributed by atoms with van der Waals surface area (Å²) >= 11 is 7.34. The number of carbonyl (C=O) groups is 1. The van der Waals surface area contributed by atoms with Crippen molar-refractivity contribution in [1.82, 2.24) is 19.7 Å². The number of carbonyl (C=O) groups excluding carboxylic acids is 1. The van der Waals surface area contributed by atoms with Gasteiger partial charge in [-0.15, -0.1) is 16.8 Å². The number of rotatable bonds is 8. The fourth-order valence-corrected chi connectivity index (χ4v) is 4.74. The van der Waals surface area contributed by atoms with Gasteiger partial charge in [-0.05, 0) is 48.7 Å². The van der Waals surface area contributed by atoms with Crippen LogP contribution in [-0.4, -0.2) is 37.4 Å². The van der Waals surface area contributed by atoms with Crippen LogP contribution in [0.1, 0.15) is 23.9 Å². The zero-order chi connectivity index (χ0) is 22.5. The van der Waals surface area contributed by atoms with Crippen molar-refractivity contribution in [2.24, 2.45) is 0 Å². The molecule has 1 amide bonds. The topological polar surface area (TPSA) is 60.2 Å². The zero-order valence-corrected chi connectivity index (χ0v) is 19.5. The van der Waals surface area contributed by atoms with Gasteiger partial charge in [-0.25, -0.2) is 0 Å². The van der Waals surface area contributed by atoms with E-state index in [1.807, 2.05) is 34.6 Å². The lowest BCUT2D eigenvalue weighted by Crippen LogP contribution is -2.40. The molecule has 0 N–H and O–H groups in total. The molecule has 1 aliphatic heterocycles. The van der Waals surface area contributed by atoms with Crippen molar-refractivity contribution in [3.63, 3.8) is 0 Å². The van der Waals surface area contributed by atoms with Gasteiger partial charge in [0.25, 0.3) is 0 Å². The monoisotopic (exact) mass is 468 g/mol. The van der Waals surface area contributed by atoms with Gasteiger partial charge in [-0.2, -0.15) is 0 Å². The second-order valence-electron chi connectivity index (χ2n) is 7.58. The van der Waals surface area contributed by atoms with Crippen LogP contribution < -0.4 is 4.74 Å². The third kappa shape index (κ3) is 5.16. The Labute approximate surface area is 197 Å². The number of fused-ring (bicyclic) bond motifs is 1. The number of amides is 1. The molecule has 3 aromatic rings. The van der Waals surface area contributed by atoms with E-state index >= 15 is 0 Å². The number of nitrogens with zero attached hydrogens (tertiary/aromatic N) is 4. The maximum absolute atomic E-state index is 13.1. The van der Waals surface area contributed by atoms with E-state index in [4.69, 9.17) is 16.3 Å². The molecule has 8 heteroatoms. The number of hydrogen-bond donors (Lipinski definition) is 0. The molecule has 0 fully saturated rings. The predicted octanol–water partition coefficient (Wildman–Crippen LogP) is 4.76. The third-order valence-corrected chi connectivity index (χ3v) is 6.68. The van der Waals surface area contributed by atoms with E-state index in [1.165, 1.54) is 22.9 Å². The number of ether oxygens (including phenoxy) is 1. The minimum atomic E-state index is -0.280. The maximum Gasteiger partial charge on any atom is 0.236 e. The molecule has 1 atom stereocenters. The Hall–Kier alpha value is -2.77. The lowest BCUT2D eigenvalue weighted by molar-refractivity contribution is -0.131. The highest BCUT2D eigenvalue weighted by atomic mass is 35.5. The molecule has 2 heterocycles. The van der Waals surface area contributed by atoms with Crippen LogP contribution >= 0.6 is 23.4 Å². The molecule has 166 valence electrons. The summed E-state index contributed by atoms with van der Waals surface area (Å²) in [5.41, 5.74) is 2.55. The van der Waals surface area contributed by atoms with E-state index in [0.717, 1.165) is 13.0 Å². The summed E-state index contributed by atoms with van der Waals surface area (Å²) in [6.07, 6.45) is 2.67. The van der Waals surface area contributed by atoms with Gasteiger partial charge in [0.1, 0.15) is 12.4 Å². The standard InChI is InChI=1S/C24H25ClN4O2S/c1-3-13-29-22(16-31-21-10-8-20(25)9-11-21)26-27-24(29)32-17(2)23(30)28-14-12-18-6-4-5-7-19(18)15-28/h3-11,17H,1,12-16H2,2H3. The summed E-state index contributed by atoms with van der Waals surface area (Å²) in [7, 11) is 0. The fraction of sp³-hybridized carbons (Fsp3) is 0.292. The van der Waals surface area contributed by atoms with Crippen LogP contribution in [0.4, 0.5) is 0 Å². The minimum Gasteiger partial charge on any atom is -0.486 e. The Morgan fingerprint density at radius 3 is 2.72 bits per heavy atom. The minimum absolute atomic E-state index is 0.108. The molecule has 0 radical (unpaired) electrons. The Morgan fingerprint density at radius 1 is 1.22 bits per heavy atom. The number of hydrogen-bond acceptors (Lipinski definition) is 5.